The van der Waals surface area contributed by atoms with Crippen molar-refractivity contribution in [1.82, 2.24) is 9.97 Å². The molecule has 1 N–H and O–H groups in total. The molecule has 1 aromatic carbocycles. The predicted octanol–water partition coefficient (Wildman–Crippen LogP) is 3.05. The fraction of sp³-hybridized carbons (Fsp3) is 0.154. The van der Waals surface area contributed by atoms with Gasteiger partial charge in [0.1, 0.15) is 17.0 Å². The van der Waals surface area contributed by atoms with Crippen LogP contribution >= 0.6 is 23.4 Å². The summed E-state index contributed by atoms with van der Waals surface area (Å²) in [5, 5.41) is 14.3. The van der Waals surface area contributed by atoms with Crippen LogP contribution in [0.3, 0.4) is 0 Å². The van der Waals surface area contributed by atoms with Crippen LogP contribution in [0.15, 0.2) is 35.6 Å². The Morgan fingerprint density at radius 1 is 1.36 bits per heavy atom. The fourth-order valence-electron chi connectivity index (χ4n) is 1.66. The first-order valence-electron chi connectivity index (χ1n) is 6.11. The van der Waals surface area contributed by atoms with E-state index in [1.807, 2.05) is 0 Å². The van der Waals surface area contributed by atoms with Crippen molar-refractivity contribution in [3.05, 3.63) is 51.4 Å². The average molecular weight is 339 g/mol. The van der Waals surface area contributed by atoms with Gasteiger partial charge in [0.25, 0.3) is 5.69 Å². The molecule has 22 heavy (non-hydrogen) atoms. The van der Waals surface area contributed by atoms with Crippen LogP contribution in [0.4, 0.5) is 11.4 Å². The molecule has 7 nitrogen and oxygen atoms in total. The van der Waals surface area contributed by atoms with Crippen LogP contribution in [0.1, 0.15) is 10.4 Å². The third kappa shape index (κ3) is 3.71. The van der Waals surface area contributed by atoms with Crippen LogP contribution in [0.5, 0.6) is 0 Å². The number of thioether (sulfide) groups is 1. The molecule has 0 radical (unpaired) electrons. The van der Waals surface area contributed by atoms with Gasteiger partial charge >= 0.3 is 0 Å². The maximum Gasteiger partial charge on any atom is 0.269 e. The molecule has 0 aliphatic carbocycles. The molecule has 2 rings (SSSR count). The van der Waals surface area contributed by atoms with Crippen LogP contribution in [0, 0.1) is 10.1 Å². The van der Waals surface area contributed by atoms with Crippen molar-refractivity contribution in [1.29, 1.82) is 0 Å². The zero-order valence-corrected chi connectivity index (χ0v) is 13.0. The van der Waals surface area contributed by atoms with Gasteiger partial charge in [-0.1, -0.05) is 23.4 Å². The number of nitrogens with zero attached hydrogens (tertiary/aromatic N) is 3. The molecular weight excluding hydrogens is 328 g/mol. The van der Waals surface area contributed by atoms with E-state index in [-0.39, 0.29) is 22.4 Å². The molecule has 1 heterocycles. The number of rotatable bonds is 6. The van der Waals surface area contributed by atoms with Crippen LogP contribution in [-0.2, 0) is 0 Å². The van der Waals surface area contributed by atoms with E-state index in [2.05, 4.69) is 15.3 Å². The molecule has 2 aromatic rings. The number of nitrogens with one attached hydrogen (secondary N) is 1. The molecule has 114 valence electrons. The lowest BCUT2D eigenvalue weighted by atomic mass is 10.1. The average Bonchev–Trinajstić information content (AvgIpc) is 2.52. The quantitative estimate of drug-likeness (QED) is 0.284. The van der Waals surface area contributed by atoms with Crippen molar-refractivity contribution >= 4 is 40.5 Å². The smallest absolute Gasteiger partial charge is 0.269 e. The van der Waals surface area contributed by atoms with E-state index in [4.69, 9.17) is 11.6 Å². The van der Waals surface area contributed by atoms with E-state index < -0.39 is 4.92 Å². The summed E-state index contributed by atoms with van der Waals surface area (Å²) in [5.74, 6) is -0.0171. The maximum atomic E-state index is 12.1. The van der Waals surface area contributed by atoms with Crippen LogP contribution in [0.25, 0.3) is 0 Å². The Labute approximate surface area is 135 Å². The fourth-order valence-corrected chi connectivity index (χ4v) is 2.84. The second kappa shape index (κ2) is 7.19. The third-order valence-electron chi connectivity index (χ3n) is 2.76. The first kappa shape index (κ1) is 16.2. The van der Waals surface area contributed by atoms with E-state index in [1.165, 1.54) is 42.4 Å². The Bertz CT molecular complexity index is 709. The molecule has 0 spiro atoms. The summed E-state index contributed by atoms with van der Waals surface area (Å²) >= 11 is 7.15. The highest BCUT2D eigenvalue weighted by molar-refractivity contribution is 8.00. The van der Waals surface area contributed by atoms with Gasteiger partial charge in [0.05, 0.1) is 10.7 Å². The van der Waals surface area contributed by atoms with Crippen molar-refractivity contribution in [2.24, 2.45) is 0 Å². The van der Waals surface area contributed by atoms with Gasteiger partial charge < -0.3 is 5.32 Å². The van der Waals surface area contributed by atoms with Crippen LogP contribution in [-0.4, -0.2) is 33.5 Å². The summed E-state index contributed by atoms with van der Waals surface area (Å²) in [7, 11) is 1.69. The number of hydrogen-bond acceptors (Lipinski definition) is 7. The Balaban J connectivity index is 2.07. The predicted molar refractivity (Wildman–Crippen MR) is 84.7 cm³/mol. The minimum absolute atomic E-state index is 0.0516. The van der Waals surface area contributed by atoms with E-state index >= 15 is 0 Å². The van der Waals surface area contributed by atoms with Crippen LogP contribution in [0.2, 0.25) is 5.15 Å². The molecule has 0 aliphatic heterocycles. The summed E-state index contributed by atoms with van der Waals surface area (Å²) in [5.41, 5.74) is 0.916. The summed E-state index contributed by atoms with van der Waals surface area (Å²) < 4.78 is 0. The number of anilines is 1. The molecule has 0 amide bonds. The summed E-state index contributed by atoms with van der Waals surface area (Å²) in [6, 6.07) is 5.48. The highest BCUT2D eigenvalue weighted by Crippen LogP contribution is 2.29. The Morgan fingerprint density at radius 3 is 2.64 bits per heavy atom. The normalized spacial score (nSPS) is 10.3. The van der Waals surface area contributed by atoms with Crippen molar-refractivity contribution in [3.8, 4) is 0 Å². The molecule has 0 unspecified atom stereocenters. The number of Topliss-reactive ketones (excluding diaryl/α,β-unsaturated/α-hetero) is 1. The van der Waals surface area contributed by atoms with Gasteiger partial charge in [-0.3, -0.25) is 14.9 Å². The SMILES string of the molecule is CNc1c(Cl)ncnc1SCC(=O)c1ccc([N+](=O)[O-])cc1. The second-order valence-electron chi connectivity index (χ2n) is 4.11. The van der Waals surface area contributed by atoms with E-state index in [9.17, 15) is 14.9 Å². The van der Waals surface area contributed by atoms with E-state index in [1.54, 1.807) is 7.05 Å². The number of ketones is 1. The Morgan fingerprint density at radius 2 is 2.05 bits per heavy atom. The number of carbonyl (C=O) groups excluding carboxylic acids is 1. The molecule has 0 aliphatic rings. The monoisotopic (exact) mass is 338 g/mol. The lowest BCUT2D eigenvalue weighted by Gasteiger charge is -2.08. The van der Waals surface area contributed by atoms with Gasteiger partial charge in [-0.15, -0.1) is 0 Å². The molecule has 9 heteroatoms. The van der Waals surface area contributed by atoms with Crippen molar-refractivity contribution in [2.75, 3.05) is 18.1 Å². The number of carbonyl (C=O) groups is 1. The number of aromatic nitrogens is 2. The van der Waals surface area contributed by atoms with Crippen molar-refractivity contribution in [3.63, 3.8) is 0 Å². The summed E-state index contributed by atoms with van der Waals surface area (Å²) in [6.45, 7) is 0. The number of nitro groups is 1. The van der Waals surface area contributed by atoms with E-state index in [0.29, 0.717) is 16.3 Å². The lowest BCUT2D eigenvalue weighted by Crippen LogP contribution is -2.04. The standard InChI is InChI=1S/C13H11ClN4O3S/c1-15-11-12(14)16-7-17-13(11)22-6-10(19)8-2-4-9(5-3-8)18(20)21/h2-5,7,15H,6H2,1H3. The molecule has 1 aromatic heterocycles. The zero-order valence-electron chi connectivity index (χ0n) is 11.4. The highest BCUT2D eigenvalue weighted by atomic mass is 35.5. The largest absolute Gasteiger partial charge is 0.383 e. The second-order valence-corrected chi connectivity index (χ2v) is 5.43. The van der Waals surface area contributed by atoms with Gasteiger partial charge in [-0.05, 0) is 12.1 Å². The number of non-ortho nitro benzene ring substituents is 1. The number of nitro benzene ring substituents is 1. The molecule has 0 atom stereocenters. The Kier molecular flexibility index (Phi) is 5.29. The van der Waals surface area contributed by atoms with Crippen LogP contribution < -0.4 is 5.32 Å². The number of hydrogen-bond donors (Lipinski definition) is 1. The van der Waals surface area contributed by atoms with Gasteiger partial charge in [0.15, 0.2) is 10.9 Å². The van der Waals surface area contributed by atoms with Gasteiger partial charge in [0, 0.05) is 24.7 Å². The minimum Gasteiger partial charge on any atom is -0.383 e. The van der Waals surface area contributed by atoms with Crippen molar-refractivity contribution in [2.45, 2.75) is 5.03 Å². The molecular formula is C13H11ClN4O3S. The summed E-state index contributed by atoms with van der Waals surface area (Å²) in [6.07, 6.45) is 1.32. The number of benzene rings is 1. The Hall–Kier alpha value is -2.19. The highest BCUT2D eigenvalue weighted by Gasteiger charge is 2.13. The topological polar surface area (TPSA) is 98.0 Å². The zero-order chi connectivity index (χ0) is 16.1. The van der Waals surface area contributed by atoms with Gasteiger partial charge in [-0.2, -0.15) is 0 Å². The first-order chi connectivity index (χ1) is 10.5. The van der Waals surface area contributed by atoms with Gasteiger partial charge in [-0.25, -0.2) is 9.97 Å². The van der Waals surface area contributed by atoms with Crippen molar-refractivity contribution < 1.29 is 9.72 Å². The molecule has 0 saturated heterocycles. The molecule has 0 fully saturated rings. The van der Waals surface area contributed by atoms with E-state index in [0.717, 1.165) is 0 Å². The third-order valence-corrected chi connectivity index (χ3v) is 4.03. The lowest BCUT2D eigenvalue weighted by molar-refractivity contribution is -0.384. The first-order valence-corrected chi connectivity index (χ1v) is 7.48. The molecule has 0 saturated carbocycles. The summed E-state index contributed by atoms with van der Waals surface area (Å²) in [4.78, 5) is 30.1. The minimum atomic E-state index is -0.509. The van der Waals surface area contributed by atoms with Gasteiger partial charge in [0.2, 0.25) is 0 Å². The number of halogens is 1. The molecule has 0 bridgehead atoms. The maximum absolute atomic E-state index is 12.1.